The summed E-state index contributed by atoms with van der Waals surface area (Å²) in [6.45, 7) is 0.727. The smallest absolute Gasteiger partial charge is 0.187 e. The van der Waals surface area contributed by atoms with E-state index in [1.165, 1.54) is 0 Å². The molecule has 0 amide bonds. The maximum absolute atomic E-state index is 13.1. The van der Waals surface area contributed by atoms with Gasteiger partial charge in [-0.05, 0) is 35.4 Å². The fourth-order valence-electron chi connectivity index (χ4n) is 1.82. The van der Waals surface area contributed by atoms with Crippen LogP contribution in [0.1, 0.15) is 16.7 Å². The lowest BCUT2D eigenvalue weighted by Crippen LogP contribution is -2.13. The molecule has 0 spiro atoms. The number of hydrogen-bond donors (Lipinski definition) is 2. The summed E-state index contributed by atoms with van der Waals surface area (Å²) in [5.74, 6) is -2.92. The first kappa shape index (κ1) is 14.0. The lowest BCUT2D eigenvalue weighted by atomic mass is 10.1. The third kappa shape index (κ3) is 3.31. The third-order valence-electron chi connectivity index (χ3n) is 2.79. The van der Waals surface area contributed by atoms with Crippen LogP contribution < -0.4 is 5.32 Å². The fraction of sp³-hybridized carbons (Fsp3) is 0.133. The van der Waals surface area contributed by atoms with Crippen LogP contribution in [0.15, 0.2) is 36.4 Å². The van der Waals surface area contributed by atoms with Crippen LogP contribution in [0.2, 0.25) is 0 Å². The zero-order chi connectivity index (χ0) is 14.5. The van der Waals surface area contributed by atoms with Gasteiger partial charge in [-0.3, -0.25) is 0 Å². The topological polar surface area (TPSA) is 56.0 Å². The Kier molecular flexibility index (Phi) is 4.28. The van der Waals surface area contributed by atoms with Crippen molar-refractivity contribution in [2.24, 2.45) is 0 Å². The summed E-state index contributed by atoms with van der Waals surface area (Å²) < 4.78 is 26.3. The molecule has 102 valence electrons. The molecule has 0 bridgehead atoms. The maximum Gasteiger partial charge on any atom is 0.187 e. The molecule has 0 saturated heterocycles. The largest absolute Gasteiger partial charge is 0.503 e. The van der Waals surface area contributed by atoms with Gasteiger partial charge in [0.15, 0.2) is 17.4 Å². The minimum atomic E-state index is -0.978. The summed E-state index contributed by atoms with van der Waals surface area (Å²) in [7, 11) is 0. The van der Waals surface area contributed by atoms with E-state index in [2.05, 4.69) is 5.32 Å². The standard InChI is InChI=1S/C15H12F2N2O/c16-13-5-12(6-14(17)15(13)20)9-19-8-11-3-1-2-10(4-11)7-18/h1-6,19-20H,8-9H2. The second-order valence-corrected chi connectivity index (χ2v) is 4.32. The van der Waals surface area contributed by atoms with Gasteiger partial charge in [-0.15, -0.1) is 0 Å². The van der Waals surface area contributed by atoms with Crippen molar-refractivity contribution in [3.05, 3.63) is 64.7 Å². The van der Waals surface area contributed by atoms with E-state index in [9.17, 15) is 8.78 Å². The van der Waals surface area contributed by atoms with Crippen LogP contribution in [0, 0.1) is 23.0 Å². The molecule has 0 aromatic heterocycles. The number of aromatic hydroxyl groups is 1. The van der Waals surface area contributed by atoms with Gasteiger partial charge in [0.25, 0.3) is 0 Å². The molecule has 3 nitrogen and oxygen atoms in total. The van der Waals surface area contributed by atoms with Gasteiger partial charge in [-0.1, -0.05) is 12.1 Å². The second kappa shape index (κ2) is 6.13. The van der Waals surface area contributed by atoms with E-state index in [4.69, 9.17) is 10.4 Å². The molecule has 0 fully saturated rings. The Morgan fingerprint density at radius 2 is 1.70 bits per heavy atom. The van der Waals surface area contributed by atoms with Crippen molar-refractivity contribution in [3.8, 4) is 11.8 Å². The lowest BCUT2D eigenvalue weighted by molar-refractivity contribution is 0.395. The molecule has 5 heteroatoms. The summed E-state index contributed by atoms with van der Waals surface area (Å²) in [5, 5.41) is 20.8. The van der Waals surface area contributed by atoms with E-state index in [1.807, 2.05) is 12.1 Å². The van der Waals surface area contributed by atoms with Gasteiger partial charge < -0.3 is 10.4 Å². The molecular formula is C15H12F2N2O. The molecular weight excluding hydrogens is 262 g/mol. The van der Waals surface area contributed by atoms with Crippen LogP contribution in [0.3, 0.4) is 0 Å². The van der Waals surface area contributed by atoms with Crippen LogP contribution in [0.25, 0.3) is 0 Å². The molecule has 0 radical (unpaired) electrons. The highest BCUT2D eigenvalue weighted by atomic mass is 19.1. The number of phenolic OH excluding ortho intramolecular Hbond substituents is 1. The van der Waals surface area contributed by atoms with E-state index in [0.717, 1.165) is 17.7 Å². The zero-order valence-electron chi connectivity index (χ0n) is 10.5. The summed E-state index contributed by atoms with van der Waals surface area (Å²) >= 11 is 0. The first-order chi connectivity index (χ1) is 9.60. The number of nitrogens with zero attached hydrogens (tertiary/aromatic N) is 1. The highest BCUT2D eigenvalue weighted by Crippen LogP contribution is 2.21. The molecule has 0 heterocycles. The third-order valence-corrected chi connectivity index (χ3v) is 2.79. The Morgan fingerprint density at radius 1 is 1.05 bits per heavy atom. The van der Waals surface area contributed by atoms with Crippen molar-refractivity contribution in [2.45, 2.75) is 13.1 Å². The van der Waals surface area contributed by atoms with Crippen LogP contribution >= 0.6 is 0 Å². The van der Waals surface area contributed by atoms with Gasteiger partial charge in [0.1, 0.15) is 0 Å². The predicted molar refractivity (Wildman–Crippen MR) is 69.7 cm³/mol. The molecule has 0 aliphatic carbocycles. The van der Waals surface area contributed by atoms with Crippen molar-refractivity contribution < 1.29 is 13.9 Å². The molecule has 0 unspecified atom stereocenters. The predicted octanol–water partition coefficient (Wildman–Crippen LogP) is 2.83. The van der Waals surface area contributed by atoms with Crippen LogP contribution in [0.4, 0.5) is 8.78 Å². The maximum atomic E-state index is 13.1. The lowest BCUT2D eigenvalue weighted by Gasteiger charge is -2.07. The molecule has 2 aromatic carbocycles. The summed E-state index contributed by atoms with van der Waals surface area (Å²) in [5.41, 5.74) is 1.86. The monoisotopic (exact) mass is 274 g/mol. The minimum Gasteiger partial charge on any atom is -0.503 e. The minimum absolute atomic E-state index is 0.255. The Hall–Kier alpha value is -2.45. The van der Waals surface area contributed by atoms with Crippen molar-refractivity contribution in [1.82, 2.24) is 5.32 Å². The number of nitriles is 1. The Labute approximate surface area is 115 Å². The number of halogens is 2. The zero-order valence-corrected chi connectivity index (χ0v) is 10.5. The van der Waals surface area contributed by atoms with E-state index in [1.54, 1.807) is 18.2 Å². The summed E-state index contributed by atoms with van der Waals surface area (Å²) in [4.78, 5) is 0. The van der Waals surface area contributed by atoms with Gasteiger partial charge in [0.2, 0.25) is 0 Å². The average molecular weight is 274 g/mol. The number of hydrogen-bond acceptors (Lipinski definition) is 3. The SMILES string of the molecule is N#Cc1cccc(CNCc2cc(F)c(O)c(F)c2)c1. The molecule has 2 rings (SSSR count). The second-order valence-electron chi connectivity index (χ2n) is 4.32. The summed E-state index contributed by atoms with van der Waals surface area (Å²) in [6.07, 6.45) is 0. The van der Waals surface area contributed by atoms with Crippen LogP contribution in [-0.2, 0) is 13.1 Å². The molecule has 0 saturated carbocycles. The Morgan fingerprint density at radius 3 is 2.35 bits per heavy atom. The first-order valence-electron chi connectivity index (χ1n) is 5.97. The number of nitrogens with one attached hydrogen (secondary N) is 1. The van der Waals surface area contributed by atoms with Crippen molar-refractivity contribution in [3.63, 3.8) is 0 Å². The van der Waals surface area contributed by atoms with Crippen LogP contribution in [-0.4, -0.2) is 5.11 Å². The molecule has 0 atom stereocenters. The molecule has 0 aliphatic heterocycles. The first-order valence-corrected chi connectivity index (χ1v) is 5.97. The Balaban J connectivity index is 1.98. The number of rotatable bonds is 4. The highest BCUT2D eigenvalue weighted by Gasteiger charge is 2.09. The van der Waals surface area contributed by atoms with E-state index in [0.29, 0.717) is 17.7 Å². The quantitative estimate of drug-likeness (QED) is 0.901. The van der Waals surface area contributed by atoms with Crippen molar-refractivity contribution >= 4 is 0 Å². The average Bonchev–Trinajstić information content (AvgIpc) is 2.45. The van der Waals surface area contributed by atoms with Gasteiger partial charge in [0.05, 0.1) is 11.6 Å². The van der Waals surface area contributed by atoms with Crippen LogP contribution in [0.5, 0.6) is 5.75 Å². The van der Waals surface area contributed by atoms with Crippen molar-refractivity contribution in [1.29, 1.82) is 5.26 Å². The van der Waals surface area contributed by atoms with Gasteiger partial charge in [-0.25, -0.2) is 8.78 Å². The molecule has 2 aromatic rings. The molecule has 2 N–H and O–H groups in total. The highest BCUT2D eigenvalue weighted by molar-refractivity contribution is 5.33. The van der Waals surface area contributed by atoms with Gasteiger partial charge in [0, 0.05) is 13.1 Å². The van der Waals surface area contributed by atoms with Crippen molar-refractivity contribution in [2.75, 3.05) is 0 Å². The fourth-order valence-corrected chi connectivity index (χ4v) is 1.82. The van der Waals surface area contributed by atoms with E-state index in [-0.39, 0.29) is 6.54 Å². The molecule has 0 aliphatic rings. The van der Waals surface area contributed by atoms with Gasteiger partial charge in [-0.2, -0.15) is 5.26 Å². The normalized spacial score (nSPS) is 10.2. The van der Waals surface area contributed by atoms with E-state index >= 15 is 0 Å². The Bertz CT molecular complexity index is 642. The van der Waals surface area contributed by atoms with E-state index < -0.39 is 17.4 Å². The summed E-state index contributed by atoms with van der Waals surface area (Å²) in [6, 6.07) is 11.3. The van der Waals surface area contributed by atoms with Gasteiger partial charge >= 0.3 is 0 Å². The number of benzene rings is 2. The number of phenols is 1. The molecule has 20 heavy (non-hydrogen) atoms.